The first-order valence-electron chi connectivity index (χ1n) is 4.40. The lowest BCUT2D eigenvalue weighted by atomic mass is 10.4. The van der Waals surface area contributed by atoms with Crippen molar-refractivity contribution in [3.8, 4) is 0 Å². The topological polar surface area (TPSA) is 46.3 Å². The summed E-state index contributed by atoms with van der Waals surface area (Å²) >= 11 is 0. The average Bonchev–Trinajstić information content (AvgIpc) is 2.56. The molecule has 0 unspecified atom stereocenters. The Morgan fingerprint density at radius 3 is 2.54 bits per heavy atom. The molecule has 1 rings (SSSR count). The van der Waals surface area contributed by atoms with E-state index in [4.69, 9.17) is 4.42 Å². The number of carbonyl (C=O) groups excluding carboxylic acids is 1. The molecule has 0 bridgehead atoms. The van der Waals surface area contributed by atoms with Crippen molar-refractivity contribution in [3.63, 3.8) is 0 Å². The van der Waals surface area contributed by atoms with Gasteiger partial charge in [-0.15, -0.1) is 0 Å². The van der Waals surface area contributed by atoms with Gasteiger partial charge < -0.3 is 9.32 Å². The summed E-state index contributed by atoms with van der Waals surface area (Å²) < 4.78 is 5.16. The van der Waals surface area contributed by atoms with Gasteiger partial charge in [0.05, 0.1) is 0 Å². The number of hydrogen-bond donors (Lipinski definition) is 0. The minimum absolute atomic E-state index is 0.0674. The van der Waals surface area contributed by atoms with Gasteiger partial charge in [0.25, 0.3) is 6.01 Å². The van der Waals surface area contributed by atoms with Gasteiger partial charge in [0.15, 0.2) is 5.78 Å². The summed E-state index contributed by atoms with van der Waals surface area (Å²) in [7, 11) is 0. The number of aromatic nitrogens is 1. The molecule has 13 heavy (non-hydrogen) atoms. The number of hydrogen-bond acceptors (Lipinski definition) is 4. The highest BCUT2D eigenvalue weighted by Gasteiger charge is 2.11. The van der Waals surface area contributed by atoms with Gasteiger partial charge in [0.2, 0.25) is 0 Å². The second kappa shape index (κ2) is 4.07. The van der Waals surface area contributed by atoms with Crippen molar-refractivity contribution in [2.24, 2.45) is 0 Å². The molecule has 0 atom stereocenters. The van der Waals surface area contributed by atoms with Crippen molar-refractivity contribution in [1.29, 1.82) is 0 Å². The van der Waals surface area contributed by atoms with Crippen LogP contribution in [0.5, 0.6) is 0 Å². The van der Waals surface area contributed by atoms with Crippen LogP contribution in [0.2, 0.25) is 0 Å². The van der Waals surface area contributed by atoms with Gasteiger partial charge >= 0.3 is 0 Å². The molecule has 0 radical (unpaired) electrons. The average molecular weight is 182 g/mol. The van der Waals surface area contributed by atoms with E-state index in [-0.39, 0.29) is 5.78 Å². The highest BCUT2D eigenvalue weighted by Crippen LogP contribution is 2.12. The Hall–Kier alpha value is -1.32. The lowest BCUT2D eigenvalue weighted by Crippen LogP contribution is -2.22. The molecule has 0 N–H and O–H groups in total. The third-order valence-electron chi connectivity index (χ3n) is 1.89. The summed E-state index contributed by atoms with van der Waals surface area (Å²) in [4.78, 5) is 16.9. The standard InChI is InChI=1S/C9H14N2O2/c1-4-11(5-2)9-10-8(6-13-9)7(3)12/h6H,4-5H2,1-3H3. The van der Waals surface area contributed by atoms with E-state index in [0.717, 1.165) is 13.1 Å². The molecular formula is C9H14N2O2. The molecule has 1 aromatic rings. The molecule has 0 aliphatic carbocycles. The fourth-order valence-corrected chi connectivity index (χ4v) is 1.07. The van der Waals surface area contributed by atoms with Gasteiger partial charge in [0.1, 0.15) is 12.0 Å². The zero-order chi connectivity index (χ0) is 9.84. The van der Waals surface area contributed by atoms with Gasteiger partial charge in [-0.25, -0.2) is 0 Å². The first-order valence-corrected chi connectivity index (χ1v) is 4.40. The molecule has 0 saturated heterocycles. The summed E-state index contributed by atoms with van der Waals surface area (Å²) in [6.07, 6.45) is 1.40. The highest BCUT2D eigenvalue weighted by molar-refractivity contribution is 5.92. The van der Waals surface area contributed by atoms with Crippen molar-refractivity contribution in [2.75, 3.05) is 18.0 Å². The highest BCUT2D eigenvalue weighted by atomic mass is 16.4. The van der Waals surface area contributed by atoms with E-state index in [9.17, 15) is 4.79 Å². The number of Topliss-reactive ketones (excluding diaryl/α,β-unsaturated/α-hetero) is 1. The van der Waals surface area contributed by atoms with Crippen LogP contribution in [-0.2, 0) is 0 Å². The van der Waals surface area contributed by atoms with Gasteiger partial charge in [-0.3, -0.25) is 4.79 Å². The van der Waals surface area contributed by atoms with Crippen LogP contribution in [0.25, 0.3) is 0 Å². The molecule has 0 spiro atoms. The molecule has 0 aliphatic heterocycles. The number of ketones is 1. The summed E-state index contributed by atoms with van der Waals surface area (Å²) in [5, 5.41) is 0. The van der Waals surface area contributed by atoms with Crippen LogP contribution in [0.4, 0.5) is 6.01 Å². The predicted molar refractivity (Wildman–Crippen MR) is 50.1 cm³/mol. The van der Waals surface area contributed by atoms with Crippen LogP contribution >= 0.6 is 0 Å². The number of nitrogens with zero attached hydrogens (tertiary/aromatic N) is 2. The lowest BCUT2D eigenvalue weighted by Gasteiger charge is -2.14. The van der Waals surface area contributed by atoms with Crippen LogP contribution in [0.3, 0.4) is 0 Å². The Bertz CT molecular complexity index is 290. The van der Waals surface area contributed by atoms with E-state index in [1.807, 2.05) is 18.7 Å². The molecular weight excluding hydrogens is 168 g/mol. The fourth-order valence-electron chi connectivity index (χ4n) is 1.07. The SMILES string of the molecule is CCN(CC)c1nc(C(C)=O)co1. The van der Waals surface area contributed by atoms with Gasteiger partial charge in [-0.1, -0.05) is 0 Å². The molecule has 4 nitrogen and oxygen atoms in total. The molecule has 0 amide bonds. The summed E-state index contributed by atoms with van der Waals surface area (Å²) in [6, 6.07) is 0.523. The zero-order valence-electron chi connectivity index (χ0n) is 8.20. The normalized spacial score (nSPS) is 10.1. The smallest absolute Gasteiger partial charge is 0.297 e. The predicted octanol–water partition coefficient (Wildman–Crippen LogP) is 1.72. The molecule has 1 aromatic heterocycles. The molecule has 1 heterocycles. The Balaban J connectivity index is 2.84. The van der Waals surface area contributed by atoms with E-state index in [0.29, 0.717) is 11.7 Å². The number of oxazole rings is 1. The van der Waals surface area contributed by atoms with Crippen molar-refractivity contribution in [1.82, 2.24) is 4.98 Å². The van der Waals surface area contributed by atoms with E-state index >= 15 is 0 Å². The molecule has 4 heteroatoms. The summed E-state index contributed by atoms with van der Waals surface area (Å²) in [5.41, 5.74) is 0.391. The second-order valence-electron chi connectivity index (χ2n) is 2.74. The van der Waals surface area contributed by atoms with Crippen LogP contribution in [-0.4, -0.2) is 23.9 Å². The van der Waals surface area contributed by atoms with Gasteiger partial charge in [-0.2, -0.15) is 4.98 Å². The van der Waals surface area contributed by atoms with E-state index < -0.39 is 0 Å². The van der Waals surface area contributed by atoms with E-state index in [1.165, 1.54) is 13.2 Å². The van der Waals surface area contributed by atoms with Crippen molar-refractivity contribution < 1.29 is 9.21 Å². The minimum atomic E-state index is -0.0674. The minimum Gasteiger partial charge on any atom is -0.431 e. The van der Waals surface area contributed by atoms with Crippen molar-refractivity contribution >= 4 is 11.8 Å². The number of rotatable bonds is 4. The first kappa shape index (κ1) is 9.77. The van der Waals surface area contributed by atoms with Crippen LogP contribution in [0, 0.1) is 0 Å². The van der Waals surface area contributed by atoms with Crippen molar-refractivity contribution in [3.05, 3.63) is 12.0 Å². The monoisotopic (exact) mass is 182 g/mol. The van der Waals surface area contributed by atoms with Crippen LogP contribution in [0.1, 0.15) is 31.3 Å². The van der Waals surface area contributed by atoms with Crippen molar-refractivity contribution in [2.45, 2.75) is 20.8 Å². The van der Waals surface area contributed by atoms with Crippen LogP contribution in [0.15, 0.2) is 10.7 Å². The third kappa shape index (κ3) is 2.08. The quantitative estimate of drug-likeness (QED) is 0.665. The Labute approximate surface area is 77.6 Å². The number of carbonyl (C=O) groups is 1. The molecule has 0 aromatic carbocycles. The number of anilines is 1. The Morgan fingerprint density at radius 2 is 2.15 bits per heavy atom. The largest absolute Gasteiger partial charge is 0.431 e. The Morgan fingerprint density at radius 1 is 1.54 bits per heavy atom. The summed E-state index contributed by atoms with van der Waals surface area (Å²) in [6.45, 7) is 7.16. The van der Waals surface area contributed by atoms with Gasteiger partial charge in [0, 0.05) is 20.0 Å². The fraction of sp³-hybridized carbons (Fsp3) is 0.556. The Kier molecular flexibility index (Phi) is 3.06. The lowest BCUT2D eigenvalue weighted by molar-refractivity contribution is 0.101. The second-order valence-corrected chi connectivity index (χ2v) is 2.74. The molecule has 0 saturated carbocycles. The maximum Gasteiger partial charge on any atom is 0.297 e. The maximum atomic E-state index is 10.9. The third-order valence-corrected chi connectivity index (χ3v) is 1.89. The maximum absolute atomic E-state index is 10.9. The first-order chi connectivity index (χ1) is 6.19. The van der Waals surface area contributed by atoms with Gasteiger partial charge in [-0.05, 0) is 13.8 Å². The molecule has 0 fully saturated rings. The molecule has 0 aliphatic rings. The zero-order valence-corrected chi connectivity index (χ0v) is 8.20. The van der Waals surface area contributed by atoms with E-state index in [1.54, 1.807) is 0 Å². The van der Waals surface area contributed by atoms with Crippen LogP contribution < -0.4 is 4.90 Å². The van der Waals surface area contributed by atoms with E-state index in [2.05, 4.69) is 4.98 Å². The molecule has 72 valence electrons. The summed E-state index contributed by atoms with van der Waals surface area (Å²) in [5.74, 6) is -0.0674.